The number of nitrogen functional groups attached to an aromatic ring is 1. The average Bonchev–Trinajstić information content (AvgIpc) is 2.93. The van der Waals surface area contributed by atoms with Crippen molar-refractivity contribution in [2.24, 2.45) is 11.7 Å². The van der Waals surface area contributed by atoms with E-state index >= 15 is 0 Å². The van der Waals surface area contributed by atoms with Gasteiger partial charge in [0.2, 0.25) is 11.0 Å². The highest BCUT2D eigenvalue weighted by Gasteiger charge is 2.27. The Balaban J connectivity index is 1.62. The van der Waals surface area contributed by atoms with Crippen molar-refractivity contribution in [3.63, 3.8) is 0 Å². The van der Waals surface area contributed by atoms with Gasteiger partial charge in [0.05, 0.1) is 0 Å². The lowest BCUT2D eigenvalue weighted by molar-refractivity contribution is -0.124. The molecule has 2 rings (SSSR count). The lowest BCUT2D eigenvalue weighted by Gasteiger charge is -2.10. The molecule has 1 aromatic rings. The summed E-state index contributed by atoms with van der Waals surface area (Å²) in [4.78, 5) is 11.8. The zero-order valence-corrected chi connectivity index (χ0v) is 11.1. The standard InChI is InChI=1S/C11H19N5OS/c12-8-4-3-7(6-8)10(17)14-5-1-2-9-15-16-11(13)18-9/h7-8H,1-6,12H2,(H2,13,16)(H,14,17)/t7-,8+/m0/s1. The topological polar surface area (TPSA) is 107 Å². The van der Waals surface area contributed by atoms with Crippen LogP contribution in [0.5, 0.6) is 0 Å². The number of aromatic nitrogens is 2. The van der Waals surface area contributed by atoms with Crippen LogP contribution in [0.4, 0.5) is 5.13 Å². The molecule has 1 fully saturated rings. The van der Waals surface area contributed by atoms with Crippen molar-refractivity contribution in [1.82, 2.24) is 15.5 Å². The van der Waals surface area contributed by atoms with Crippen LogP contribution >= 0.6 is 11.3 Å². The number of hydrogen-bond donors (Lipinski definition) is 3. The molecule has 1 heterocycles. The quantitative estimate of drug-likeness (QED) is 0.666. The summed E-state index contributed by atoms with van der Waals surface area (Å²) in [5, 5.41) is 12.0. The van der Waals surface area contributed by atoms with Gasteiger partial charge < -0.3 is 16.8 Å². The van der Waals surface area contributed by atoms with Crippen LogP contribution < -0.4 is 16.8 Å². The van der Waals surface area contributed by atoms with Crippen LogP contribution in [-0.2, 0) is 11.2 Å². The fourth-order valence-corrected chi connectivity index (χ4v) is 2.87. The van der Waals surface area contributed by atoms with Gasteiger partial charge in [0.25, 0.3) is 0 Å². The SMILES string of the molecule is Nc1nnc(CCCNC(=O)[C@H]2CC[C@@H](N)C2)s1. The molecule has 100 valence electrons. The number of anilines is 1. The van der Waals surface area contributed by atoms with E-state index in [4.69, 9.17) is 11.5 Å². The van der Waals surface area contributed by atoms with E-state index in [-0.39, 0.29) is 17.9 Å². The molecule has 0 spiro atoms. The van der Waals surface area contributed by atoms with Gasteiger partial charge in [-0.05, 0) is 25.7 Å². The second-order valence-corrected chi connectivity index (χ2v) is 5.79. The molecule has 0 unspecified atom stereocenters. The number of nitrogens with one attached hydrogen (secondary N) is 1. The minimum Gasteiger partial charge on any atom is -0.374 e. The number of nitrogens with zero attached hydrogens (tertiary/aromatic N) is 2. The second kappa shape index (κ2) is 6.10. The van der Waals surface area contributed by atoms with Crippen molar-refractivity contribution < 1.29 is 4.79 Å². The van der Waals surface area contributed by atoms with Gasteiger partial charge >= 0.3 is 0 Å². The molecule has 7 heteroatoms. The first-order chi connectivity index (χ1) is 8.65. The van der Waals surface area contributed by atoms with Gasteiger partial charge in [-0.25, -0.2) is 0 Å². The molecule has 0 bridgehead atoms. The molecule has 1 aromatic heterocycles. The minimum atomic E-state index is 0.108. The maximum absolute atomic E-state index is 11.8. The molecule has 0 radical (unpaired) electrons. The zero-order chi connectivity index (χ0) is 13.0. The Labute approximate surface area is 110 Å². The number of carbonyl (C=O) groups is 1. The molecule has 5 N–H and O–H groups in total. The molecule has 2 atom stereocenters. The molecule has 1 amide bonds. The largest absolute Gasteiger partial charge is 0.374 e. The predicted octanol–water partition coefficient (Wildman–Crippen LogP) is 0.296. The van der Waals surface area contributed by atoms with Gasteiger partial charge in [-0.15, -0.1) is 10.2 Å². The second-order valence-electron chi connectivity index (χ2n) is 4.70. The number of nitrogens with two attached hydrogens (primary N) is 2. The van der Waals surface area contributed by atoms with E-state index in [0.717, 1.165) is 37.1 Å². The highest BCUT2D eigenvalue weighted by Crippen LogP contribution is 2.23. The Kier molecular flexibility index (Phi) is 4.48. The maximum atomic E-state index is 11.8. The van der Waals surface area contributed by atoms with Crippen molar-refractivity contribution in [3.05, 3.63) is 5.01 Å². The van der Waals surface area contributed by atoms with Crippen LogP contribution in [0.2, 0.25) is 0 Å². The van der Waals surface area contributed by atoms with Crippen LogP contribution in [0.15, 0.2) is 0 Å². The number of aryl methyl sites for hydroxylation is 1. The third kappa shape index (κ3) is 3.64. The lowest BCUT2D eigenvalue weighted by Crippen LogP contribution is -2.31. The van der Waals surface area contributed by atoms with Gasteiger partial charge in [-0.1, -0.05) is 11.3 Å². The Morgan fingerprint density at radius 1 is 1.44 bits per heavy atom. The Morgan fingerprint density at radius 2 is 2.28 bits per heavy atom. The van der Waals surface area contributed by atoms with E-state index in [1.807, 2.05) is 0 Å². The fourth-order valence-electron chi connectivity index (χ4n) is 2.22. The van der Waals surface area contributed by atoms with E-state index in [2.05, 4.69) is 15.5 Å². The number of rotatable bonds is 5. The van der Waals surface area contributed by atoms with Crippen molar-refractivity contribution in [1.29, 1.82) is 0 Å². The summed E-state index contributed by atoms with van der Waals surface area (Å²) >= 11 is 1.40. The highest BCUT2D eigenvalue weighted by molar-refractivity contribution is 7.15. The van der Waals surface area contributed by atoms with E-state index in [0.29, 0.717) is 11.7 Å². The first kappa shape index (κ1) is 13.2. The van der Waals surface area contributed by atoms with E-state index in [1.54, 1.807) is 0 Å². The zero-order valence-electron chi connectivity index (χ0n) is 10.3. The van der Waals surface area contributed by atoms with Crippen LogP contribution in [0, 0.1) is 5.92 Å². The van der Waals surface area contributed by atoms with Crippen molar-refractivity contribution >= 4 is 22.4 Å². The molecule has 0 saturated heterocycles. The van der Waals surface area contributed by atoms with Gasteiger partial charge in [0.15, 0.2) is 0 Å². The summed E-state index contributed by atoms with van der Waals surface area (Å²) in [6.07, 6.45) is 4.36. The Morgan fingerprint density at radius 3 is 2.89 bits per heavy atom. The first-order valence-corrected chi connectivity index (χ1v) is 7.08. The smallest absolute Gasteiger partial charge is 0.223 e. The van der Waals surface area contributed by atoms with Gasteiger partial charge in [-0.2, -0.15) is 0 Å². The van der Waals surface area contributed by atoms with Crippen molar-refractivity contribution in [2.45, 2.75) is 38.1 Å². The highest BCUT2D eigenvalue weighted by atomic mass is 32.1. The summed E-state index contributed by atoms with van der Waals surface area (Å²) in [5.41, 5.74) is 11.3. The van der Waals surface area contributed by atoms with Gasteiger partial charge in [0, 0.05) is 24.9 Å². The number of amides is 1. The minimum absolute atomic E-state index is 0.108. The molecular formula is C11H19N5OS. The number of carbonyl (C=O) groups excluding carboxylic acids is 1. The monoisotopic (exact) mass is 269 g/mol. The Hall–Kier alpha value is -1.21. The molecule has 18 heavy (non-hydrogen) atoms. The Bertz CT molecular complexity index is 408. The van der Waals surface area contributed by atoms with E-state index in [1.165, 1.54) is 11.3 Å². The van der Waals surface area contributed by atoms with E-state index in [9.17, 15) is 4.79 Å². The van der Waals surface area contributed by atoms with Crippen LogP contribution in [-0.4, -0.2) is 28.7 Å². The third-order valence-electron chi connectivity index (χ3n) is 3.19. The number of hydrogen-bond acceptors (Lipinski definition) is 6. The molecule has 1 saturated carbocycles. The summed E-state index contributed by atoms with van der Waals surface area (Å²) < 4.78 is 0. The van der Waals surface area contributed by atoms with Crippen molar-refractivity contribution in [2.75, 3.05) is 12.3 Å². The molecule has 0 aromatic carbocycles. The van der Waals surface area contributed by atoms with E-state index < -0.39 is 0 Å². The summed E-state index contributed by atoms with van der Waals surface area (Å²) in [5.74, 6) is 0.247. The van der Waals surface area contributed by atoms with Crippen LogP contribution in [0.1, 0.15) is 30.7 Å². The lowest BCUT2D eigenvalue weighted by atomic mass is 10.1. The predicted molar refractivity (Wildman–Crippen MR) is 71.0 cm³/mol. The molecule has 1 aliphatic carbocycles. The molecule has 1 aliphatic rings. The summed E-state index contributed by atoms with van der Waals surface area (Å²) in [6.45, 7) is 0.671. The van der Waals surface area contributed by atoms with Gasteiger partial charge in [-0.3, -0.25) is 4.79 Å². The molecule has 0 aliphatic heterocycles. The maximum Gasteiger partial charge on any atom is 0.223 e. The average molecular weight is 269 g/mol. The van der Waals surface area contributed by atoms with Crippen LogP contribution in [0.25, 0.3) is 0 Å². The van der Waals surface area contributed by atoms with Crippen molar-refractivity contribution in [3.8, 4) is 0 Å². The molecule has 6 nitrogen and oxygen atoms in total. The fraction of sp³-hybridized carbons (Fsp3) is 0.727. The first-order valence-electron chi connectivity index (χ1n) is 6.26. The summed E-state index contributed by atoms with van der Waals surface area (Å²) in [7, 11) is 0. The van der Waals surface area contributed by atoms with Gasteiger partial charge in [0.1, 0.15) is 5.01 Å². The summed E-state index contributed by atoms with van der Waals surface area (Å²) in [6, 6.07) is 0.199. The molecular weight excluding hydrogens is 250 g/mol. The van der Waals surface area contributed by atoms with Crippen LogP contribution in [0.3, 0.4) is 0 Å². The normalized spacial score (nSPS) is 23.2. The third-order valence-corrected chi connectivity index (χ3v) is 4.01.